The number of fused-ring (bicyclic) bond motifs is 1. The number of imidazole rings is 1. The quantitative estimate of drug-likeness (QED) is 0.834. The van der Waals surface area contributed by atoms with Crippen molar-refractivity contribution in [3.05, 3.63) is 30.1 Å². The molecule has 0 bridgehead atoms. The minimum atomic E-state index is -0.132. The van der Waals surface area contributed by atoms with Crippen LogP contribution in [0.3, 0.4) is 0 Å². The summed E-state index contributed by atoms with van der Waals surface area (Å²) < 4.78 is 2.20. The first kappa shape index (κ1) is 17.2. The van der Waals surface area contributed by atoms with Crippen molar-refractivity contribution in [1.29, 1.82) is 0 Å². The van der Waals surface area contributed by atoms with Gasteiger partial charge in [0, 0.05) is 26.7 Å². The molecule has 1 saturated carbocycles. The molecular formula is C22H30N4O. The van der Waals surface area contributed by atoms with E-state index < -0.39 is 0 Å². The maximum absolute atomic E-state index is 13.3. The molecular weight excluding hydrogens is 336 g/mol. The summed E-state index contributed by atoms with van der Waals surface area (Å²) in [5, 5.41) is 0. The summed E-state index contributed by atoms with van der Waals surface area (Å²) in [7, 11) is 2.10. The fraction of sp³-hybridized carbons (Fsp3) is 0.636. The molecule has 5 nitrogen and oxygen atoms in total. The lowest BCUT2D eigenvalue weighted by Crippen LogP contribution is -2.51. The van der Waals surface area contributed by atoms with Gasteiger partial charge < -0.3 is 9.47 Å². The molecule has 5 rings (SSSR count). The molecule has 3 fully saturated rings. The van der Waals surface area contributed by atoms with E-state index in [0.29, 0.717) is 5.91 Å². The molecule has 1 spiro atoms. The van der Waals surface area contributed by atoms with E-state index in [4.69, 9.17) is 4.98 Å². The van der Waals surface area contributed by atoms with Crippen molar-refractivity contribution >= 4 is 16.9 Å². The van der Waals surface area contributed by atoms with Crippen molar-refractivity contribution in [1.82, 2.24) is 19.4 Å². The van der Waals surface area contributed by atoms with Crippen LogP contribution in [0.5, 0.6) is 0 Å². The zero-order valence-corrected chi connectivity index (χ0v) is 16.4. The highest BCUT2D eigenvalue weighted by Crippen LogP contribution is 2.41. The summed E-state index contributed by atoms with van der Waals surface area (Å²) in [4.78, 5) is 22.8. The number of piperidine rings is 1. The molecule has 1 atom stereocenters. The summed E-state index contributed by atoms with van der Waals surface area (Å²) in [6.07, 6.45) is 7.22. The van der Waals surface area contributed by atoms with Gasteiger partial charge in [-0.15, -0.1) is 0 Å². The molecule has 0 N–H and O–H groups in total. The Labute approximate surface area is 161 Å². The molecule has 1 amide bonds. The molecule has 27 heavy (non-hydrogen) atoms. The van der Waals surface area contributed by atoms with Gasteiger partial charge in [0.15, 0.2) is 0 Å². The van der Waals surface area contributed by atoms with E-state index in [-0.39, 0.29) is 5.41 Å². The van der Waals surface area contributed by atoms with Crippen LogP contribution in [0.15, 0.2) is 24.3 Å². The standard InChI is InChI=1S/C22H30N4O/c1-24-19-9-3-2-8-18(19)23-20(24)15-25-13-11-22(16-25)10-5-12-26(21(22)27)14-17-6-4-7-17/h2-3,8-9,17H,4-7,10-16H2,1H3. The molecule has 1 aromatic heterocycles. The SMILES string of the molecule is Cn1c(CN2CCC3(CCCN(CC4CCC4)C3=O)C2)nc2ccccc21. The van der Waals surface area contributed by atoms with Gasteiger partial charge in [-0.3, -0.25) is 9.69 Å². The Morgan fingerprint density at radius 1 is 1.15 bits per heavy atom. The third-order valence-electron chi connectivity index (χ3n) is 7.21. The van der Waals surface area contributed by atoms with Gasteiger partial charge in [0.25, 0.3) is 0 Å². The van der Waals surface area contributed by atoms with E-state index in [1.165, 1.54) is 31.2 Å². The van der Waals surface area contributed by atoms with E-state index in [0.717, 1.165) is 62.8 Å². The number of hydrogen-bond donors (Lipinski definition) is 0. The third-order valence-corrected chi connectivity index (χ3v) is 7.21. The highest BCUT2D eigenvalue weighted by Gasteiger charge is 2.48. The number of para-hydroxylation sites is 2. The van der Waals surface area contributed by atoms with Crippen LogP contribution in [0.25, 0.3) is 11.0 Å². The van der Waals surface area contributed by atoms with E-state index in [9.17, 15) is 4.79 Å². The van der Waals surface area contributed by atoms with Gasteiger partial charge in [0.1, 0.15) is 5.82 Å². The highest BCUT2D eigenvalue weighted by molar-refractivity contribution is 5.84. The zero-order valence-electron chi connectivity index (χ0n) is 16.4. The largest absolute Gasteiger partial charge is 0.342 e. The van der Waals surface area contributed by atoms with E-state index >= 15 is 0 Å². The second kappa shape index (κ2) is 6.62. The van der Waals surface area contributed by atoms with E-state index in [2.05, 4.69) is 39.6 Å². The Bertz CT molecular complexity index is 855. The van der Waals surface area contributed by atoms with Gasteiger partial charge in [-0.2, -0.15) is 0 Å². The number of benzene rings is 1. The Kier molecular flexibility index (Phi) is 4.23. The average Bonchev–Trinajstić information content (AvgIpc) is 3.18. The minimum absolute atomic E-state index is 0.132. The van der Waals surface area contributed by atoms with Crippen LogP contribution < -0.4 is 0 Å². The number of carbonyl (C=O) groups is 1. The second-order valence-electron chi connectivity index (χ2n) is 8.97. The number of aryl methyl sites for hydroxylation is 1. The number of nitrogens with zero attached hydrogens (tertiary/aromatic N) is 4. The van der Waals surface area contributed by atoms with Crippen molar-refractivity contribution in [3.63, 3.8) is 0 Å². The average molecular weight is 367 g/mol. The molecule has 1 aliphatic carbocycles. The van der Waals surface area contributed by atoms with Gasteiger partial charge in [-0.25, -0.2) is 4.98 Å². The zero-order chi connectivity index (χ0) is 18.4. The van der Waals surface area contributed by atoms with Crippen LogP contribution in [0.2, 0.25) is 0 Å². The Hall–Kier alpha value is -1.88. The number of carbonyl (C=O) groups excluding carboxylic acids is 1. The summed E-state index contributed by atoms with van der Waals surface area (Å²) in [5.74, 6) is 2.30. The number of amides is 1. The lowest BCUT2D eigenvalue weighted by Gasteiger charge is -2.42. The first-order valence-electron chi connectivity index (χ1n) is 10.6. The van der Waals surface area contributed by atoms with Crippen molar-refractivity contribution in [2.75, 3.05) is 26.2 Å². The molecule has 5 heteroatoms. The van der Waals surface area contributed by atoms with Gasteiger partial charge in [0.05, 0.1) is 23.0 Å². The maximum Gasteiger partial charge on any atom is 0.230 e. The normalized spacial score (nSPS) is 27.0. The van der Waals surface area contributed by atoms with Crippen molar-refractivity contribution in [3.8, 4) is 0 Å². The highest BCUT2D eigenvalue weighted by atomic mass is 16.2. The first-order chi connectivity index (χ1) is 13.1. The molecule has 3 heterocycles. The Morgan fingerprint density at radius 2 is 2.00 bits per heavy atom. The van der Waals surface area contributed by atoms with Crippen LogP contribution in [0.1, 0.15) is 44.3 Å². The van der Waals surface area contributed by atoms with Crippen LogP contribution >= 0.6 is 0 Å². The first-order valence-corrected chi connectivity index (χ1v) is 10.6. The van der Waals surface area contributed by atoms with Gasteiger partial charge in [-0.1, -0.05) is 18.6 Å². The van der Waals surface area contributed by atoms with E-state index in [1.54, 1.807) is 0 Å². The summed E-state index contributed by atoms with van der Waals surface area (Å²) in [6, 6.07) is 8.31. The fourth-order valence-electron chi connectivity index (χ4n) is 5.32. The summed E-state index contributed by atoms with van der Waals surface area (Å²) in [5.41, 5.74) is 2.11. The molecule has 2 aromatic rings. The van der Waals surface area contributed by atoms with Crippen molar-refractivity contribution in [2.45, 2.75) is 45.1 Å². The molecule has 2 aliphatic heterocycles. The van der Waals surface area contributed by atoms with Gasteiger partial charge in [0.2, 0.25) is 5.91 Å². The van der Waals surface area contributed by atoms with Gasteiger partial charge >= 0.3 is 0 Å². The predicted octanol–water partition coefficient (Wildman–Crippen LogP) is 3.19. The molecule has 2 saturated heterocycles. The molecule has 0 radical (unpaired) electrons. The number of aromatic nitrogens is 2. The molecule has 3 aliphatic rings. The molecule has 1 unspecified atom stereocenters. The number of likely N-dealkylation sites (tertiary alicyclic amines) is 2. The topological polar surface area (TPSA) is 41.4 Å². The maximum atomic E-state index is 13.3. The molecule has 144 valence electrons. The number of rotatable bonds is 4. The van der Waals surface area contributed by atoms with Crippen LogP contribution in [0, 0.1) is 11.3 Å². The summed E-state index contributed by atoms with van der Waals surface area (Å²) in [6.45, 7) is 4.72. The predicted molar refractivity (Wildman–Crippen MR) is 106 cm³/mol. The molecule has 1 aromatic carbocycles. The van der Waals surface area contributed by atoms with Crippen LogP contribution in [0.4, 0.5) is 0 Å². The monoisotopic (exact) mass is 366 g/mol. The minimum Gasteiger partial charge on any atom is -0.342 e. The third kappa shape index (κ3) is 2.96. The van der Waals surface area contributed by atoms with Gasteiger partial charge in [-0.05, 0) is 56.7 Å². The lowest BCUT2D eigenvalue weighted by atomic mass is 9.77. The summed E-state index contributed by atoms with van der Waals surface area (Å²) >= 11 is 0. The number of hydrogen-bond acceptors (Lipinski definition) is 3. The van der Waals surface area contributed by atoms with Crippen LogP contribution in [-0.4, -0.2) is 51.4 Å². The Morgan fingerprint density at radius 3 is 2.78 bits per heavy atom. The van der Waals surface area contributed by atoms with Crippen LogP contribution in [-0.2, 0) is 18.4 Å². The second-order valence-corrected chi connectivity index (χ2v) is 8.97. The van der Waals surface area contributed by atoms with Crippen molar-refractivity contribution in [2.24, 2.45) is 18.4 Å². The Balaban J connectivity index is 1.29. The van der Waals surface area contributed by atoms with E-state index in [1.807, 2.05) is 6.07 Å². The fourth-order valence-corrected chi connectivity index (χ4v) is 5.32. The lowest BCUT2D eigenvalue weighted by molar-refractivity contribution is -0.146. The van der Waals surface area contributed by atoms with Crippen molar-refractivity contribution < 1.29 is 4.79 Å². The smallest absolute Gasteiger partial charge is 0.230 e.